The highest BCUT2D eigenvalue weighted by Gasteiger charge is 2.62. The van der Waals surface area contributed by atoms with Crippen molar-refractivity contribution in [3.05, 3.63) is 34.9 Å². The molecule has 5 atom stereocenters. The maximum Gasteiger partial charge on any atom is 0.410 e. The molecule has 3 fully saturated rings. The number of nitrogens with one attached hydrogen (secondary N) is 2. The molecule has 308 valence electrons. The molecular weight excluding hydrogens is 745 g/mol. The third-order valence-corrected chi connectivity index (χ3v) is 13.7. The van der Waals surface area contributed by atoms with Crippen LogP contribution in [-0.2, 0) is 51.7 Å². The van der Waals surface area contributed by atoms with Crippen LogP contribution in [0.15, 0.2) is 18.2 Å². The number of benzene rings is 1. The number of sulfonamides is 1. The second-order valence-corrected chi connectivity index (χ2v) is 20.1. The quantitative estimate of drug-likeness (QED) is 0.289. The first-order valence-electron chi connectivity index (χ1n) is 19.8. The number of hydrogen-bond acceptors (Lipinski definition) is 11. The van der Waals surface area contributed by atoms with Gasteiger partial charge in [0, 0.05) is 25.9 Å². The Labute approximate surface area is 329 Å². The summed E-state index contributed by atoms with van der Waals surface area (Å²) >= 11 is 0. The molecule has 5 aliphatic rings. The minimum absolute atomic E-state index is 0.0529. The molecule has 1 saturated heterocycles. The smallest absolute Gasteiger partial charge is 0.410 e. The van der Waals surface area contributed by atoms with Crippen molar-refractivity contribution in [2.45, 2.75) is 136 Å². The predicted molar refractivity (Wildman–Crippen MR) is 202 cm³/mol. The summed E-state index contributed by atoms with van der Waals surface area (Å²) in [5.74, 6) is -2.44. The minimum atomic E-state index is -3.86. The lowest BCUT2D eigenvalue weighted by Gasteiger charge is -2.35. The van der Waals surface area contributed by atoms with Gasteiger partial charge in [-0.2, -0.15) is 0 Å². The van der Waals surface area contributed by atoms with Crippen LogP contribution in [0.25, 0.3) is 0 Å². The zero-order valence-electron chi connectivity index (χ0n) is 33.3. The highest BCUT2D eigenvalue weighted by molar-refractivity contribution is 7.90. The SMILES string of the molecule is CC[C@H]1C[C@@]1(CC(=O)C1C[C@@H]2CN1C(=O)[C@H](C(C)(C)C)NC(=O)OCC(C)(C)CCCCOC(=O)c1ccc3c(c1)CN(C3)C(=O)O2)C(=O)NS(=O)(=O)C1CC1. The van der Waals surface area contributed by atoms with E-state index in [-0.39, 0.29) is 51.6 Å². The first-order chi connectivity index (χ1) is 26.2. The molecule has 0 aromatic heterocycles. The molecule has 16 heteroatoms. The van der Waals surface area contributed by atoms with E-state index in [0.717, 1.165) is 11.1 Å². The Balaban J connectivity index is 1.27. The monoisotopic (exact) mass is 800 g/mol. The molecular formula is C40H56N4O11S. The van der Waals surface area contributed by atoms with Crippen LogP contribution in [0, 0.1) is 22.2 Å². The fraction of sp³-hybridized carbons (Fsp3) is 0.700. The molecule has 1 unspecified atom stereocenters. The number of amides is 4. The Morgan fingerprint density at radius 3 is 2.39 bits per heavy atom. The van der Waals surface area contributed by atoms with Crippen molar-refractivity contribution < 1.29 is 51.4 Å². The number of ether oxygens (including phenoxy) is 3. The van der Waals surface area contributed by atoms with E-state index < -0.39 is 85.5 Å². The number of rotatable bonds is 7. The maximum absolute atomic E-state index is 14.6. The van der Waals surface area contributed by atoms with E-state index in [1.807, 2.05) is 20.8 Å². The summed E-state index contributed by atoms with van der Waals surface area (Å²) in [7, 11) is -3.86. The van der Waals surface area contributed by atoms with Crippen LogP contribution in [0.4, 0.5) is 9.59 Å². The molecule has 1 aromatic carbocycles. The average molecular weight is 801 g/mol. The topological polar surface area (TPSA) is 195 Å². The Morgan fingerprint density at radius 1 is 1.02 bits per heavy atom. The molecule has 2 saturated carbocycles. The van der Waals surface area contributed by atoms with Gasteiger partial charge in [0.2, 0.25) is 21.8 Å². The number of esters is 1. The molecule has 5 bridgehead atoms. The van der Waals surface area contributed by atoms with Crippen LogP contribution in [0.3, 0.4) is 0 Å². The fourth-order valence-electron chi connectivity index (χ4n) is 8.17. The third-order valence-electron chi connectivity index (χ3n) is 11.9. The van der Waals surface area contributed by atoms with E-state index in [0.29, 0.717) is 50.5 Å². The number of carbonyl (C=O) groups is 6. The summed E-state index contributed by atoms with van der Waals surface area (Å²) in [4.78, 5) is 85.1. The third kappa shape index (κ3) is 9.15. The second kappa shape index (κ2) is 15.6. The van der Waals surface area contributed by atoms with Gasteiger partial charge in [-0.25, -0.2) is 22.8 Å². The van der Waals surface area contributed by atoms with Gasteiger partial charge in [0.15, 0.2) is 5.78 Å². The molecule has 3 aliphatic heterocycles. The molecule has 0 spiro atoms. The lowest BCUT2D eigenvalue weighted by Crippen LogP contribution is -2.57. The van der Waals surface area contributed by atoms with E-state index >= 15 is 0 Å². The molecule has 15 nitrogen and oxygen atoms in total. The summed E-state index contributed by atoms with van der Waals surface area (Å²) in [5, 5.41) is 2.11. The molecule has 3 heterocycles. The zero-order chi connectivity index (χ0) is 40.8. The van der Waals surface area contributed by atoms with Crippen molar-refractivity contribution in [2.75, 3.05) is 19.8 Å². The summed E-state index contributed by atoms with van der Waals surface area (Å²) in [6.07, 6.45) is 1.05. The van der Waals surface area contributed by atoms with Crippen LogP contribution >= 0.6 is 0 Å². The van der Waals surface area contributed by atoms with Crippen molar-refractivity contribution in [3.63, 3.8) is 0 Å². The first-order valence-corrected chi connectivity index (χ1v) is 21.3. The van der Waals surface area contributed by atoms with Crippen LogP contribution < -0.4 is 10.0 Å². The van der Waals surface area contributed by atoms with Gasteiger partial charge in [-0.1, -0.05) is 54.0 Å². The van der Waals surface area contributed by atoms with Crippen LogP contribution in [-0.4, -0.2) is 97.2 Å². The van der Waals surface area contributed by atoms with E-state index in [1.54, 1.807) is 39.0 Å². The van der Waals surface area contributed by atoms with Gasteiger partial charge in [-0.15, -0.1) is 0 Å². The maximum atomic E-state index is 14.6. The van der Waals surface area contributed by atoms with Gasteiger partial charge < -0.3 is 24.4 Å². The van der Waals surface area contributed by atoms with Crippen molar-refractivity contribution >= 4 is 45.8 Å². The number of cyclic esters (lactones) is 2. The summed E-state index contributed by atoms with van der Waals surface area (Å²) in [6, 6.07) is 2.90. The molecule has 0 radical (unpaired) electrons. The van der Waals surface area contributed by atoms with E-state index in [1.165, 1.54) is 9.80 Å². The van der Waals surface area contributed by atoms with Gasteiger partial charge in [0.05, 0.1) is 42.0 Å². The molecule has 56 heavy (non-hydrogen) atoms. The predicted octanol–water partition coefficient (Wildman–Crippen LogP) is 4.60. The fourth-order valence-corrected chi connectivity index (χ4v) is 9.56. The van der Waals surface area contributed by atoms with Crippen LogP contribution in [0.1, 0.15) is 121 Å². The number of ketones is 1. The largest absolute Gasteiger partial charge is 0.462 e. The normalized spacial score (nSPS) is 28.9. The van der Waals surface area contributed by atoms with Gasteiger partial charge >= 0.3 is 18.2 Å². The number of alkyl carbamates (subject to hydrolysis) is 1. The van der Waals surface area contributed by atoms with Crippen molar-refractivity contribution in [1.82, 2.24) is 19.8 Å². The van der Waals surface area contributed by atoms with Gasteiger partial charge in [0.25, 0.3) is 0 Å². The molecule has 1 aromatic rings. The highest BCUT2D eigenvalue weighted by Crippen LogP contribution is 2.58. The van der Waals surface area contributed by atoms with Crippen molar-refractivity contribution in [3.8, 4) is 0 Å². The number of fused-ring (bicyclic) bond motifs is 4. The minimum Gasteiger partial charge on any atom is -0.462 e. The Hall–Kier alpha value is -4.21. The molecule has 4 amide bonds. The van der Waals surface area contributed by atoms with E-state index in [2.05, 4.69) is 10.0 Å². The number of hydrogen-bond donors (Lipinski definition) is 2. The standard InChI is InChI=1S/C40H56N4O11S/c1-7-27-18-40(27,35(48)42-56(51,52)29-12-13-29)19-31(45)30-17-28-22-44(30)33(46)32(38(2,3)4)41-36(49)54-23-39(5,6)14-8-9-15-53-34(47)24-10-11-25-20-43(37(50)55-28)21-26(25)16-24/h10-11,16,27-30,32H,7-9,12-15,17-23H2,1-6H3,(H,41,49)(H,42,48)/t27-,28+,30?,32+,40-/m0/s1. The van der Waals surface area contributed by atoms with E-state index in [9.17, 15) is 37.2 Å². The zero-order valence-corrected chi connectivity index (χ0v) is 34.1. The number of nitrogens with zero attached hydrogens (tertiary/aromatic N) is 2. The summed E-state index contributed by atoms with van der Waals surface area (Å²) in [5.41, 5.74) is -0.525. The Bertz CT molecular complexity index is 1870. The molecule has 6 rings (SSSR count). The average Bonchev–Trinajstić information content (AvgIpc) is 4.02. The molecule has 2 aliphatic carbocycles. The van der Waals surface area contributed by atoms with Crippen LogP contribution in [0.2, 0.25) is 0 Å². The van der Waals surface area contributed by atoms with Gasteiger partial charge in [-0.05, 0) is 78.5 Å². The van der Waals surface area contributed by atoms with Gasteiger partial charge in [-0.3, -0.25) is 24.0 Å². The lowest BCUT2D eigenvalue weighted by atomic mass is 9.85. The Morgan fingerprint density at radius 2 is 1.73 bits per heavy atom. The van der Waals surface area contributed by atoms with Gasteiger partial charge in [0.1, 0.15) is 12.1 Å². The second-order valence-electron chi connectivity index (χ2n) is 18.1. The number of carbonyl (C=O) groups excluding carboxylic acids is 6. The summed E-state index contributed by atoms with van der Waals surface area (Å²) < 4.78 is 44.8. The summed E-state index contributed by atoms with van der Waals surface area (Å²) in [6.45, 7) is 11.6. The highest BCUT2D eigenvalue weighted by atomic mass is 32.2. The lowest BCUT2D eigenvalue weighted by molar-refractivity contribution is -0.142. The Kier molecular flexibility index (Phi) is 11.6. The van der Waals surface area contributed by atoms with Crippen LogP contribution in [0.5, 0.6) is 0 Å². The molecule has 2 N–H and O–H groups in total. The number of Topliss-reactive ketones (excluding diaryl/α,β-unsaturated/α-hetero) is 1. The first kappa shape index (κ1) is 41.4. The van der Waals surface area contributed by atoms with Crippen molar-refractivity contribution in [1.29, 1.82) is 0 Å². The van der Waals surface area contributed by atoms with Crippen molar-refractivity contribution in [2.24, 2.45) is 22.2 Å². The van der Waals surface area contributed by atoms with E-state index in [4.69, 9.17) is 14.2 Å².